The molecule has 2 aromatic rings. The zero-order valence-corrected chi connectivity index (χ0v) is 9.16. The van der Waals surface area contributed by atoms with Gasteiger partial charge in [0.05, 0.1) is 0 Å². The van der Waals surface area contributed by atoms with Crippen LogP contribution in [0.4, 0.5) is 0 Å². The Labute approximate surface area is 94.0 Å². The zero-order valence-electron chi connectivity index (χ0n) is 8.41. The summed E-state index contributed by atoms with van der Waals surface area (Å²) >= 11 is 5.79. The SMILES string of the molecule is Cc1ccc(/C=C/c2ccc(Cl)cc2)o1. The predicted octanol–water partition coefficient (Wildman–Crippen LogP) is 4.41. The van der Waals surface area contributed by atoms with Crippen LogP contribution in [0.5, 0.6) is 0 Å². The first kappa shape index (κ1) is 10.1. The third kappa shape index (κ3) is 2.74. The molecule has 76 valence electrons. The Morgan fingerprint density at radius 3 is 2.33 bits per heavy atom. The maximum atomic E-state index is 5.79. The second-order valence-electron chi connectivity index (χ2n) is 3.33. The Hall–Kier alpha value is -1.47. The first-order valence-electron chi connectivity index (χ1n) is 4.74. The number of halogens is 1. The van der Waals surface area contributed by atoms with Crippen LogP contribution in [-0.2, 0) is 0 Å². The third-order valence-corrected chi connectivity index (χ3v) is 2.32. The monoisotopic (exact) mass is 218 g/mol. The van der Waals surface area contributed by atoms with Crippen LogP contribution in [0.15, 0.2) is 40.8 Å². The van der Waals surface area contributed by atoms with Crippen molar-refractivity contribution in [2.75, 3.05) is 0 Å². The molecule has 0 fully saturated rings. The van der Waals surface area contributed by atoms with Crippen LogP contribution in [0.1, 0.15) is 17.1 Å². The standard InChI is InChI=1S/C13H11ClO/c1-10-2-8-13(15-10)9-5-11-3-6-12(14)7-4-11/h2-9H,1H3/b9-5+. The molecule has 1 nitrogen and oxygen atoms in total. The van der Waals surface area contributed by atoms with Crippen molar-refractivity contribution >= 4 is 23.8 Å². The highest BCUT2D eigenvalue weighted by Crippen LogP contribution is 2.13. The van der Waals surface area contributed by atoms with Gasteiger partial charge in [-0.1, -0.05) is 29.8 Å². The fraction of sp³-hybridized carbons (Fsp3) is 0.0769. The van der Waals surface area contributed by atoms with Gasteiger partial charge in [0.1, 0.15) is 11.5 Å². The van der Waals surface area contributed by atoms with Crippen molar-refractivity contribution < 1.29 is 4.42 Å². The molecular weight excluding hydrogens is 208 g/mol. The lowest BCUT2D eigenvalue weighted by molar-refractivity contribution is 0.525. The molecule has 0 unspecified atom stereocenters. The normalized spacial score (nSPS) is 11.1. The largest absolute Gasteiger partial charge is 0.462 e. The summed E-state index contributed by atoms with van der Waals surface area (Å²) in [7, 11) is 0. The third-order valence-electron chi connectivity index (χ3n) is 2.07. The number of aryl methyl sites for hydroxylation is 1. The molecule has 0 amide bonds. The topological polar surface area (TPSA) is 13.1 Å². The van der Waals surface area contributed by atoms with Crippen molar-refractivity contribution in [3.8, 4) is 0 Å². The molecule has 0 atom stereocenters. The Morgan fingerprint density at radius 1 is 1.00 bits per heavy atom. The molecule has 1 aromatic heterocycles. The summed E-state index contributed by atoms with van der Waals surface area (Å²) < 4.78 is 5.42. The summed E-state index contributed by atoms with van der Waals surface area (Å²) in [6.45, 7) is 1.93. The van der Waals surface area contributed by atoms with Crippen LogP contribution >= 0.6 is 11.6 Å². The molecule has 2 rings (SSSR count). The van der Waals surface area contributed by atoms with Gasteiger partial charge in [-0.25, -0.2) is 0 Å². The summed E-state index contributed by atoms with van der Waals surface area (Å²) in [5.74, 6) is 1.79. The Bertz CT molecular complexity index is 466. The van der Waals surface area contributed by atoms with E-state index in [1.54, 1.807) is 0 Å². The molecule has 0 aliphatic heterocycles. The lowest BCUT2D eigenvalue weighted by Gasteiger charge is -1.92. The van der Waals surface area contributed by atoms with Crippen molar-refractivity contribution in [2.45, 2.75) is 6.92 Å². The Morgan fingerprint density at radius 2 is 1.73 bits per heavy atom. The predicted molar refractivity (Wildman–Crippen MR) is 63.8 cm³/mol. The minimum absolute atomic E-state index is 0.751. The van der Waals surface area contributed by atoms with E-state index in [9.17, 15) is 0 Å². The molecule has 0 radical (unpaired) electrons. The summed E-state index contributed by atoms with van der Waals surface area (Å²) in [6.07, 6.45) is 3.94. The quantitative estimate of drug-likeness (QED) is 0.728. The van der Waals surface area contributed by atoms with Crippen LogP contribution in [0.2, 0.25) is 5.02 Å². The van der Waals surface area contributed by atoms with E-state index in [2.05, 4.69) is 0 Å². The highest BCUT2D eigenvalue weighted by atomic mass is 35.5. The Kier molecular flexibility index (Phi) is 2.93. The molecule has 0 bridgehead atoms. The summed E-state index contributed by atoms with van der Waals surface area (Å²) in [5, 5.41) is 0.751. The van der Waals surface area contributed by atoms with Crippen molar-refractivity contribution in [3.05, 3.63) is 58.5 Å². The van der Waals surface area contributed by atoms with Gasteiger partial charge in [0, 0.05) is 5.02 Å². The average molecular weight is 219 g/mol. The van der Waals surface area contributed by atoms with Gasteiger partial charge in [0.2, 0.25) is 0 Å². The van der Waals surface area contributed by atoms with E-state index >= 15 is 0 Å². The molecule has 15 heavy (non-hydrogen) atoms. The van der Waals surface area contributed by atoms with Gasteiger partial charge >= 0.3 is 0 Å². The van der Waals surface area contributed by atoms with Gasteiger partial charge < -0.3 is 4.42 Å². The van der Waals surface area contributed by atoms with Crippen LogP contribution in [0.3, 0.4) is 0 Å². The van der Waals surface area contributed by atoms with Crippen molar-refractivity contribution in [1.29, 1.82) is 0 Å². The lowest BCUT2D eigenvalue weighted by Crippen LogP contribution is -1.70. The average Bonchev–Trinajstić information content (AvgIpc) is 2.64. The number of rotatable bonds is 2. The van der Waals surface area contributed by atoms with Crippen LogP contribution < -0.4 is 0 Å². The Balaban J connectivity index is 2.14. The maximum absolute atomic E-state index is 5.79. The minimum atomic E-state index is 0.751. The van der Waals surface area contributed by atoms with Crippen molar-refractivity contribution in [2.24, 2.45) is 0 Å². The molecule has 0 N–H and O–H groups in total. The van der Waals surface area contributed by atoms with E-state index in [0.717, 1.165) is 22.1 Å². The van der Waals surface area contributed by atoms with E-state index in [4.69, 9.17) is 16.0 Å². The maximum Gasteiger partial charge on any atom is 0.127 e. The fourth-order valence-electron chi connectivity index (χ4n) is 1.30. The van der Waals surface area contributed by atoms with Gasteiger partial charge in [-0.2, -0.15) is 0 Å². The van der Waals surface area contributed by atoms with E-state index < -0.39 is 0 Å². The highest BCUT2D eigenvalue weighted by molar-refractivity contribution is 6.30. The number of hydrogen-bond acceptors (Lipinski definition) is 1. The number of furan rings is 1. The molecule has 0 saturated carbocycles. The van der Waals surface area contributed by atoms with Crippen LogP contribution in [-0.4, -0.2) is 0 Å². The van der Waals surface area contributed by atoms with E-state index in [-0.39, 0.29) is 0 Å². The smallest absolute Gasteiger partial charge is 0.127 e. The summed E-state index contributed by atoms with van der Waals surface area (Å²) in [4.78, 5) is 0. The van der Waals surface area contributed by atoms with E-state index in [1.807, 2.05) is 55.5 Å². The fourth-order valence-corrected chi connectivity index (χ4v) is 1.42. The molecule has 0 spiro atoms. The van der Waals surface area contributed by atoms with Gasteiger partial charge in [0.15, 0.2) is 0 Å². The second kappa shape index (κ2) is 4.37. The molecule has 2 heteroatoms. The molecule has 0 saturated heterocycles. The molecule has 1 heterocycles. The second-order valence-corrected chi connectivity index (χ2v) is 3.77. The number of benzene rings is 1. The first-order chi connectivity index (χ1) is 7.24. The van der Waals surface area contributed by atoms with E-state index in [1.165, 1.54) is 0 Å². The molecule has 0 aliphatic rings. The van der Waals surface area contributed by atoms with Crippen molar-refractivity contribution in [1.82, 2.24) is 0 Å². The summed E-state index contributed by atoms with van der Waals surface area (Å²) in [6, 6.07) is 11.6. The van der Waals surface area contributed by atoms with Gasteiger partial charge in [0.25, 0.3) is 0 Å². The summed E-state index contributed by atoms with van der Waals surface area (Å²) in [5.41, 5.74) is 1.11. The van der Waals surface area contributed by atoms with Crippen LogP contribution in [0, 0.1) is 6.92 Å². The van der Waals surface area contributed by atoms with E-state index in [0.29, 0.717) is 0 Å². The minimum Gasteiger partial charge on any atom is -0.462 e. The van der Waals surface area contributed by atoms with Gasteiger partial charge in [-0.15, -0.1) is 0 Å². The van der Waals surface area contributed by atoms with Gasteiger partial charge in [-0.05, 0) is 42.8 Å². The molecular formula is C13H11ClO. The van der Waals surface area contributed by atoms with Crippen LogP contribution in [0.25, 0.3) is 12.2 Å². The molecule has 1 aromatic carbocycles. The first-order valence-corrected chi connectivity index (χ1v) is 5.12. The lowest BCUT2D eigenvalue weighted by atomic mass is 10.2. The highest BCUT2D eigenvalue weighted by Gasteiger charge is 1.93. The number of hydrogen-bond donors (Lipinski definition) is 0. The van der Waals surface area contributed by atoms with Crippen molar-refractivity contribution in [3.63, 3.8) is 0 Å². The van der Waals surface area contributed by atoms with Gasteiger partial charge in [-0.3, -0.25) is 0 Å². The molecule has 0 aliphatic carbocycles. The zero-order chi connectivity index (χ0) is 10.7.